The molecule has 2 saturated carbocycles. The first-order valence-corrected chi connectivity index (χ1v) is 9.07. The van der Waals surface area contributed by atoms with Crippen LogP contribution in [0.4, 0.5) is 5.69 Å². The number of rotatable bonds is 6. The van der Waals surface area contributed by atoms with E-state index < -0.39 is 11.9 Å². The lowest BCUT2D eigenvalue weighted by molar-refractivity contribution is -0.141. The molecule has 142 valence electrons. The van der Waals surface area contributed by atoms with Crippen LogP contribution in [0.15, 0.2) is 18.2 Å². The second-order valence-corrected chi connectivity index (χ2v) is 7.14. The fraction of sp³-hybridized carbons (Fsp3) is 0.500. The molecular weight excluding hydrogens is 350 g/mol. The molecule has 1 aromatic heterocycles. The SMILES string of the molecule is COc1ccc(NC(=O)[C@@H]2CC[C@H](C(=O)O)C2)cc1-n1nnnc1C1CC1. The summed E-state index contributed by atoms with van der Waals surface area (Å²) >= 11 is 0. The van der Waals surface area contributed by atoms with Gasteiger partial charge in [0.15, 0.2) is 5.82 Å². The standard InChI is InChI=1S/C18H21N5O4/c1-27-15-7-6-13(19-17(24)11-4-5-12(8-11)18(25)26)9-14(15)23-16(10-2-3-10)20-21-22-23/h6-7,9-12H,2-5,8H2,1H3,(H,19,24)(H,25,26)/t11-,12+/m1/s1. The molecule has 1 amide bonds. The number of nitrogens with one attached hydrogen (secondary N) is 1. The van der Waals surface area contributed by atoms with Gasteiger partial charge in [0.2, 0.25) is 5.91 Å². The van der Waals surface area contributed by atoms with Gasteiger partial charge in [0.1, 0.15) is 11.4 Å². The van der Waals surface area contributed by atoms with E-state index in [4.69, 9.17) is 9.84 Å². The summed E-state index contributed by atoms with van der Waals surface area (Å²) in [6.07, 6.45) is 3.63. The van der Waals surface area contributed by atoms with Gasteiger partial charge in [0.05, 0.1) is 13.0 Å². The fourth-order valence-electron chi connectivity index (χ4n) is 3.58. The van der Waals surface area contributed by atoms with E-state index in [1.54, 1.807) is 30.0 Å². The maximum absolute atomic E-state index is 12.5. The summed E-state index contributed by atoms with van der Waals surface area (Å²) in [5.74, 6) is 0.0406. The predicted octanol–water partition coefficient (Wildman–Crippen LogP) is 1.99. The highest BCUT2D eigenvalue weighted by molar-refractivity contribution is 5.93. The normalized spacial score (nSPS) is 21.8. The second kappa shape index (κ2) is 6.98. The molecule has 2 aliphatic rings. The first-order valence-electron chi connectivity index (χ1n) is 9.07. The van der Waals surface area contributed by atoms with E-state index in [0.717, 1.165) is 18.7 Å². The minimum Gasteiger partial charge on any atom is -0.494 e. The Bertz CT molecular complexity index is 876. The Hall–Kier alpha value is -2.97. The van der Waals surface area contributed by atoms with Crippen LogP contribution in [-0.4, -0.2) is 44.3 Å². The van der Waals surface area contributed by atoms with Gasteiger partial charge in [-0.3, -0.25) is 9.59 Å². The van der Waals surface area contributed by atoms with Crippen molar-refractivity contribution in [1.29, 1.82) is 0 Å². The average Bonchev–Trinajstić information content (AvgIpc) is 3.19. The van der Waals surface area contributed by atoms with Gasteiger partial charge < -0.3 is 15.2 Å². The van der Waals surface area contributed by atoms with E-state index in [-0.39, 0.29) is 11.8 Å². The van der Waals surface area contributed by atoms with Crippen molar-refractivity contribution in [2.24, 2.45) is 11.8 Å². The van der Waals surface area contributed by atoms with Gasteiger partial charge in [0, 0.05) is 17.5 Å². The molecule has 2 N–H and O–H groups in total. The summed E-state index contributed by atoms with van der Waals surface area (Å²) in [6, 6.07) is 5.30. The number of methoxy groups -OCH3 is 1. The summed E-state index contributed by atoms with van der Waals surface area (Å²) in [4.78, 5) is 23.6. The molecule has 0 saturated heterocycles. The van der Waals surface area contributed by atoms with Crippen LogP contribution >= 0.6 is 0 Å². The first kappa shape index (κ1) is 17.4. The molecule has 27 heavy (non-hydrogen) atoms. The van der Waals surface area contributed by atoms with Gasteiger partial charge in [-0.15, -0.1) is 5.10 Å². The van der Waals surface area contributed by atoms with E-state index in [1.807, 2.05) is 0 Å². The number of nitrogens with zero attached hydrogens (tertiary/aromatic N) is 4. The van der Waals surface area contributed by atoms with Gasteiger partial charge in [-0.25, -0.2) is 0 Å². The van der Waals surface area contributed by atoms with Gasteiger partial charge in [-0.05, 0) is 60.7 Å². The number of carbonyl (C=O) groups is 2. The lowest BCUT2D eigenvalue weighted by Crippen LogP contribution is -2.21. The number of aliphatic carboxylic acids is 1. The molecule has 1 aromatic carbocycles. The second-order valence-electron chi connectivity index (χ2n) is 7.14. The molecule has 0 bridgehead atoms. The Morgan fingerprint density at radius 2 is 2.00 bits per heavy atom. The number of carbonyl (C=O) groups excluding carboxylic acids is 1. The molecule has 2 aromatic rings. The van der Waals surface area contributed by atoms with Crippen LogP contribution in [0.2, 0.25) is 0 Å². The van der Waals surface area contributed by atoms with Crippen molar-refractivity contribution in [1.82, 2.24) is 20.2 Å². The Labute approximate surface area is 155 Å². The Kier molecular flexibility index (Phi) is 4.51. The molecule has 2 aliphatic carbocycles. The van der Waals surface area contributed by atoms with Crippen molar-refractivity contribution in [3.8, 4) is 11.4 Å². The fourth-order valence-corrected chi connectivity index (χ4v) is 3.58. The van der Waals surface area contributed by atoms with E-state index >= 15 is 0 Å². The number of carboxylic acid groups (broad SMARTS) is 1. The zero-order chi connectivity index (χ0) is 19.0. The molecule has 0 unspecified atom stereocenters. The van der Waals surface area contributed by atoms with Crippen LogP contribution < -0.4 is 10.1 Å². The maximum atomic E-state index is 12.5. The van der Waals surface area contributed by atoms with Crippen LogP contribution in [0.1, 0.15) is 43.8 Å². The van der Waals surface area contributed by atoms with E-state index in [0.29, 0.717) is 42.3 Å². The molecule has 9 nitrogen and oxygen atoms in total. The first-order chi connectivity index (χ1) is 13.1. The average molecular weight is 371 g/mol. The molecule has 4 rings (SSSR count). The van der Waals surface area contributed by atoms with Crippen molar-refractivity contribution in [3.63, 3.8) is 0 Å². The van der Waals surface area contributed by atoms with Gasteiger partial charge >= 0.3 is 5.97 Å². The number of amides is 1. The minimum atomic E-state index is -0.830. The van der Waals surface area contributed by atoms with Crippen LogP contribution in [0, 0.1) is 11.8 Å². The van der Waals surface area contributed by atoms with Crippen LogP contribution in [0.25, 0.3) is 5.69 Å². The molecule has 2 fully saturated rings. The lowest BCUT2D eigenvalue weighted by atomic mass is 10.0. The van der Waals surface area contributed by atoms with Crippen molar-refractivity contribution in [2.45, 2.75) is 38.0 Å². The predicted molar refractivity (Wildman–Crippen MR) is 94.8 cm³/mol. The third-order valence-corrected chi connectivity index (χ3v) is 5.26. The van der Waals surface area contributed by atoms with Crippen molar-refractivity contribution in [2.75, 3.05) is 12.4 Å². The van der Waals surface area contributed by atoms with Crippen LogP contribution in [0.3, 0.4) is 0 Å². The highest BCUT2D eigenvalue weighted by Crippen LogP contribution is 2.40. The summed E-state index contributed by atoms with van der Waals surface area (Å²) in [5, 5.41) is 24.0. The van der Waals surface area contributed by atoms with E-state index in [1.165, 1.54) is 0 Å². The van der Waals surface area contributed by atoms with Crippen molar-refractivity contribution < 1.29 is 19.4 Å². The lowest BCUT2D eigenvalue weighted by Gasteiger charge is -2.14. The van der Waals surface area contributed by atoms with Crippen molar-refractivity contribution in [3.05, 3.63) is 24.0 Å². The number of aromatic nitrogens is 4. The summed E-state index contributed by atoms with van der Waals surface area (Å²) in [6.45, 7) is 0. The largest absolute Gasteiger partial charge is 0.494 e. The number of ether oxygens (including phenoxy) is 1. The zero-order valence-electron chi connectivity index (χ0n) is 15.0. The van der Waals surface area contributed by atoms with Crippen molar-refractivity contribution >= 4 is 17.6 Å². The quantitative estimate of drug-likeness (QED) is 0.797. The number of benzene rings is 1. The molecular formula is C18H21N5O4. The maximum Gasteiger partial charge on any atom is 0.306 e. The van der Waals surface area contributed by atoms with Crippen LogP contribution in [0.5, 0.6) is 5.75 Å². The number of anilines is 1. The summed E-state index contributed by atoms with van der Waals surface area (Å²) < 4.78 is 7.09. The summed E-state index contributed by atoms with van der Waals surface area (Å²) in [7, 11) is 1.57. The van der Waals surface area contributed by atoms with Gasteiger partial charge in [0.25, 0.3) is 0 Å². The Morgan fingerprint density at radius 3 is 2.67 bits per heavy atom. The molecule has 0 spiro atoms. The zero-order valence-corrected chi connectivity index (χ0v) is 15.0. The van der Waals surface area contributed by atoms with E-state index in [2.05, 4.69) is 20.8 Å². The smallest absolute Gasteiger partial charge is 0.306 e. The Balaban J connectivity index is 1.55. The molecule has 9 heteroatoms. The van der Waals surface area contributed by atoms with E-state index in [9.17, 15) is 9.59 Å². The monoisotopic (exact) mass is 371 g/mol. The molecule has 1 heterocycles. The van der Waals surface area contributed by atoms with Gasteiger partial charge in [-0.2, -0.15) is 4.68 Å². The van der Waals surface area contributed by atoms with Gasteiger partial charge in [-0.1, -0.05) is 0 Å². The molecule has 0 radical (unpaired) electrons. The Morgan fingerprint density at radius 1 is 1.22 bits per heavy atom. The number of carboxylic acids is 1. The van der Waals surface area contributed by atoms with Crippen LogP contribution in [-0.2, 0) is 9.59 Å². The number of tetrazole rings is 1. The molecule has 2 atom stereocenters. The summed E-state index contributed by atoms with van der Waals surface area (Å²) in [5.41, 5.74) is 1.27. The highest BCUT2D eigenvalue weighted by Gasteiger charge is 2.34. The molecule has 0 aliphatic heterocycles. The third-order valence-electron chi connectivity index (χ3n) is 5.26. The highest BCUT2D eigenvalue weighted by atomic mass is 16.5. The number of hydrogen-bond donors (Lipinski definition) is 2. The minimum absolute atomic E-state index is 0.158. The third kappa shape index (κ3) is 3.49. The number of hydrogen-bond acceptors (Lipinski definition) is 6. The topological polar surface area (TPSA) is 119 Å².